The van der Waals surface area contributed by atoms with Crippen molar-refractivity contribution in [3.8, 4) is 5.75 Å². The first-order chi connectivity index (χ1) is 15.5. The van der Waals surface area contributed by atoms with Crippen molar-refractivity contribution in [2.45, 2.75) is 111 Å². The van der Waals surface area contributed by atoms with Gasteiger partial charge in [0.05, 0.1) is 7.11 Å². The summed E-state index contributed by atoms with van der Waals surface area (Å²) in [5.41, 5.74) is 12.0. The number of methoxy groups -OCH3 is 1. The third kappa shape index (κ3) is 21.9. The predicted molar refractivity (Wildman–Crippen MR) is 160 cm³/mol. The van der Waals surface area contributed by atoms with Gasteiger partial charge >= 0.3 is 0 Å². The second-order valence-electron chi connectivity index (χ2n) is 8.69. The van der Waals surface area contributed by atoms with Gasteiger partial charge in [-0.3, -0.25) is 6.08 Å². The molecular weight excluding hydrogens is 656 g/mol. The Bertz CT molecular complexity index is 629. The molecule has 1 aromatic carbocycles. The van der Waals surface area contributed by atoms with Crippen LogP contribution in [0.15, 0.2) is 41.0 Å². The van der Waals surface area contributed by atoms with Gasteiger partial charge in [0.1, 0.15) is 0 Å². The van der Waals surface area contributed by atoms with Crippen LogP contribution in [0.5, 0.6) is 5.75 Å². The first kappa shape index (κ1) is 42.2. The Morgan fingerprint density at radius 1 is 0.857 bits per heavy atom. The molecule has 203 valence electrons. The molecule has 0 aromatic heterocycles. The molecule has 3 rings (SSSR count). The van der Waals surface area contributed by atoms with Crippen LogP contribution in [0.1, 0.15) is 98.3 Å². The zero-order chi connectivity index (χ0) is 24.2. The molecule has 1 aromatic rings. The van der Waals surface area contributed by atoms with Crippen molar-refractivity contribution in [2.24, 2.45) is 5.92 Å². The average molecular weight is 707 g/mol. The molecule has 1 saturated carbocycles. The van der Waals surface area contributed by atoms with Crippen molar-refractivity contribution in [3.05, 3.63) is 58.9 Å². The molecule has 6 heteroatoms. The number of halogens is 2. The summed E-state index contributed by atoms with van der Waals surface area (Å²) in [4.78, 5) is 0. The van der Waals surface area contributed by atoms with Gasteiger partial charge in [-0.15, -0.1) is 49.9 Å². The van der Waals surface area contributed by atoms with Crippen LogP contribution in [0.2, 0.25) is 6.55 Å². The molecule has 2 aliphatic rings. The van der Waals surface area contributed by atoms with Crippen LogP contribution in [0.3, 0.4) is 0 Å². The largest absolute Gasteiger partial charge is 0.675 e. The van der Waals surface area contributed by atoms with Gasteiger partial charge < -0.3 is 10.5 Å². The van der Waals surface area contributed by atoms with Gasteiger partial charge in [0, 0.05) is 41.8 Å². The maximum atomic E-state index is 7.80. The minimum atomic E-state index is 0. The standard InChI is InChI=1S/C12H24N.C9H13.C7H7O.CH5Si.2ClH.Hf/c13-12-10-8-6-4-2-1-3-5-7-9-11-12;1-6-5-7(2)9(4)8(6)3;1-8-7-5-3-2-4-6-7;1-2;;;/h12-13H,1-11H2;6H,1-4H3;2-5H,1H3;2H2,1H3;2*1H;/q3*-1;;;;. The maximum absolute atomic E-state index is 7.80. The quantitative estimate of drug-likeness (QED) is 0.212. The van der Waals surface area contributed by atoms with E-state index in [-0.39, 0.29) is 56.7 Å². The molecule has 1 N–H and O–H groups in total. The topological polar surface area (TPSA) is 33.0 Å². The molecule has 1 unspecified atom stereocenters. The van der Waals surface area contributed by atoms with Crippen molar-refractivity contribution >= 4 is 35.1 Å². The van der Waals surface area contributed by atoms with Crippen LogP contribution in [-0.2, 0) is 25.8 Å². The fourth-order valence-corrected chi connectivity index (χ4v) is 3.83. The summed E-state index contributed by atoms with van der Waals surface area (Å²) in [7, 11) is 3.49. The maximum Gasteiger partial charge on any atom is 0.0743 e. The van der Waals surface area contributed by atoms with Gasteiger partial charge in [-0.1, -0.05) is 104 Å². The van der Waals surface area contributed by atoms with E-state index >= 15 is 0 Å². The molecule has 1 atom stereocenters. The van der Waals surface area contributed by atoms with Crippen molar-refractivity contribution in [2.75, 3.05) is 7.11 Å². The molecule has 1 fully saturated rings. The van der Waals surface area contributed by atoms with E-state index < -0.39 is 0 Å². The third-order valence-electron chi connectivity index (χ3n) is 6.24. The summed E-state index contributed by atoms with van der Waals surface area (Å²) in [5.74, 6) is 1.34. The molecule has 0 spiro atoms. The molecule has 2 aliphatic carbocycles. The van der Waals surface area contributed by atoms with Crippen LogP contribution in [0, 0.1) is 18.1 Å². The Balaban J connectivity index is -0.000000196. The SMILES string of the molecule is CC1=[C-]C(C)C(C)=C1C.COc1[c-]cccc1.C[SiH2].Cl.Cl.[Hf].[NH-]C1CCCCCCCCCCC1. The van der Waals surface area contributed by atoms with E-state index in [1.165, 1.54) is 74.5 Å². The van der Waals surface area contributed by atoms with Crippen LogP contribution in [-0.4, -0.2) is 23.4 Å². The molecule has 0 bridgehead atoms. The monoisotopic (exact) mass is 707 g/mol. The minimum Gasteiger partial charge on any atom is -0.675 e. The van der Waals surface area contributed by atoms with Gasteiger partial charge in [-0.25, -0.2) is 5.57 Å². The molecular formula is C29H51Cl2HfNOSi-3. The van der Waals surface area contributed by atoms with Gasteiger partial charge in [-0.05, 0) is 0 Å². The second-order valence-corrected chi connectivity index (χ2v) is 8.69. The predicted octanol–water partition coefficient (Wildman–Crippen LogP) is 9.44. The van der Waals surface area contributed by atoms with E-state index in [4.69, 9.17) is 10.5 Å². The molecule has 0 saturated heterocycles. The summed E-state index contributed by atoms with van der Waals surface area (Å²) < 4.78 is 4.86. The summed E-state index contributed by atoms with van der Waals surface area (Å²) in [6.07, 6.45) is 18.1. The van der Waals surface area contributed by atoms with Crippen molar-refractivity contribution in [1.29, 1.82) is 0 Å². The third-order valence-corrected chi connectivity index (χ3v) is 6.24. The van der Waals surface area contributed by atoms with Crippen LogP contribution >= 0.6 is 24.8 Å². The van der Waals surface area contributed by atoms with Gasteiger partial charge in [0.15, 0.2) is 0 Å². The number of nitrogens with one attached hydrogen (secondary N) is 1. The summed E-state index contributed by atoms with van der Waals surface area (Å²) in [6, 6.07) is 10.6. The van der Waals surface area contributed by atoms with Crippen LogP contribution < -0.4 is 4.74 Å². The number of benzene rings is 1. The summed E-state index contributed by atoms with van der Waals surface area (Å²) in [6.45, 7) is 10.7. The van der Waals surface area contributed by atoms with Crippen LogP contribution in [0.4, 0.5) is 0 Å². The normalized spacial score (nSPS) is 18.3. The molecule has 1 radical (unpaired) electrons. The van der Waals surface area contributed by atoms with E-state index in [0.29, 0.717) is 5.92 Å². The van der Waals surface area contributed by atoms with E-state index in [0.717, 1.165) is 18.6 Å². The zero-order valence-electron chi connectivity index (χ0n) is 23.2. The minimum absolute atomic E-state index is 0. The fourth-order valence-electron chi connectivity index (χ4n) is 3.83. The number of para-hydroxylation sites is 1. The van der Waals surface area contributed by atoms with Crippen LogP contribution in [0.25, 0.3) is 5.73 Å². The van der Waals surface area contributed by atoms with E-state index in [1.54, 1.807) is 7.11 Å². The van der Waals surface area contributed by atoms with E-state index in [9.17, 15) is 0 Å². The Hall–Kier alpha value is 0.127. The summed E-state index contributed by atoms with van der Waals surface area (Å²) in [5, 5.41) is 0. The number of ether oxygens (including phenoxy) is 1. The second kappa shape index (κ2) is 28.7. The Kier molecular flexibility index (Phi) is 34.6. The number of hydrogen-bond acceptors (Lipinski definition) is 1. The molecule has 2 nitrogen and oxygen atoms in total. The molecule has 35 heavy (non-hydrogen) atoms. The Morgan fingerprint density at radius 3 is 1.57 bits per heavy atom. The zero-order valence-corrected chi connectivity index (χ0v) is 29.8. The first-order valence-corrected chi connectivity index (χ1v) is 14.1. The average Bonchev–Trinajstić information content (AvgIpc) is 3.04. The first-order valence-electron chi connectivity index (χ1n) is 12.7. The molecule has 0 amide bonds. The smallest absolute Gasteiger partial charge is 0.0743 e. The van der Waals surface area contributed by atoms with Gasteiger partial charge in [0.2, 0.25) is 0 Å². The summed E-state index contributed by atoms with van der Waals surface area (Å²) >= 11 is 0. The van der Waals surface area contributed by atoms with Crippen molar-refractivity contribution in [1.82, 2.24) is 0 Å². The molecule has 0 heterocycles. The van der Waals surface area contributed by atoms with Crippen molar-refractivity contribution in [3.63, 3.8) is 0 Å². The number of hydrogen-bond donors (Lipinski definition) is 0. The van der Waals surface area contributed by atoms with Gasteiger partial charge in [-0.2, -0.15) is 29.3 Å². The van der Waals surface area contributed by atoms with E-state index in [2.05, 4.69) is 39.8 Å². The number of rotatable bonds is 1. The van der Waals surface area contributed by atoms with E-state index in [1.807, 2.05) is 41.1 Å². The van der Waals surface area contributed by atoms with Gasteiger partial charge in [0.25, 0.3) is 0 Å². The molecule has 0 aliphatic heterocycles. The van der Waals surface area contributed by atoms with Crippen molar-refractivity contribution < 1.29 is 30.6 Å². The fraction of sp³-hybridized carbons (Fsp3) is 0.655. The Labute approximate surface area is 252 Å². The Morgan fingerprint density at radius 2 is 1.31 bits per heavy atom. The number of allylic oxidation sites excluding steroid dienone is 4.